The SMILES string of the molecule is O=C1OCC2CN3C(=O)c4c(O)c(=O)ccn4N([C@@H]4c5ccccc5SCc5c4ccc(F)c5F)[C@@H]3CN12. The van der Waals surface area contributed by atoms with Gasteiger partial charge in [0.2, 0.25) is 5.43 Å². The summed E-state index contributed by atoms with van der Waals surface area (Å²) in [6, 6.07) is 10.1. The maximum atomic E-state index is 15.2. The second kappa shape index (κ2) is 8.22. The predicted molar refractivity (Wildman–Crippen MR) is 131 cm³/mol. The van der Waals surface area contributed by atoms with Crippen molar-refractivity contribution in [2.75, 3.05) is 24.7 Å². The summed E-state index contributed by atoms with van der Waals surface area (Å²) < 4.78 is 36.3. The maximum absolute atomic E-state index is 15.2. The molecule has 2 amide bonds. The topological polar surface area (TPSA) is 95.3 Å². The summed E-state index contributed by atoms with van der Waals surface area (Å²) >= 11 is 1.37. The average Bonchev–Trinajstić information content (AvgIpc) is 3.19. The molecule has 0 aliphatic carbocycles. The van der Waals surface area contributed by atoms with Crippen molar-refractivity contribution in [3.8, 4) is 5.75 Å². The highest BCUT2D eigenvalue weighted by Gasteiger charge is 2.51. The van der Waals surface area contributed by atoms with Crippen LogP contribution in [0.5, 0.6) is 5.75 Å². The average molecular weight is 539 g/mol. The number of aromatic nitrogens is 1. The quantitative estimate of drug-likeness (QED) is 0.509. The summed E-state index contributed by atoms with van der Waals surface area (Å²) in [6.07, 6.45) is 0.128. The van der Waals surface area contributed by atoms with Crippen molar-refractivity contribution in [3.05, 3.63) is 92.9 Å². The van der Waals surface area contributed by atoms with Crippen molar-refractivity contribution in [3.63, 3.8) is 0 Å². The van der Waals surface area contributed by atoms with Crippen molar-refractivity contribution in [1.29, 1.82) is 0 Å². The van der Waals surface area contributed by atoms with Crippen molar-refractivity contribution in [1.82, 2.24) is 14.5 Å². The fourth-order valence-corrected chi connectivity index (χ4v) is 6.98. The number of benzene rings is 2. The Balaban J connectivity index is 1.52. The van der Waals surface area contributed by atoms with Gasteiger partial charge in [-0.1, -0.05) is 24.3 Å². The van der Waals surface area contributed by atoms with Crippen molar-refractivity contribution < 1.29 is 28.2 Å². The third-order valence-electron chi connectivity index (χ3n) is 7.65. The van der Waals surface area contributed by atoms with Crippen LogP contribution in [0.3, 0.4) is 0 Å². The second-order valence-electron chi connectivity index (χ2n) is 9.58. The summed E-state index contributed by atoms with van der Waals surface area (Å²) in [5.74, 6) is -3.01. The summed E-state index contributed by atoms with van der Waals surface area (Å²) in [7, 11) is 0. The molecule has 0 saturated carbocycles. The number of carbonyl (C=O) groups excluding carboxylic acids is 2. The number of pyridine rings is 1. The molecule has 0 radical (unpaired) electrons. The highest BCUT2D eigenvalue weighted by molar-refractivity contribution is 7.98. The van der Waals surface area contributed by atoms with Crippen molar-refractivity contribution in [2.45, 2.75) is 28.9 Å². The minimum absolute atomic E-state index is 0.0758. The number of halogens is 2. The number of fused-ring (bicyclic) bond motifs is 5. The van der Waals surface area contributed by atoms with Gasteiger partial charge < -0.3 is 14.7 Å². The Kier molecular flexibility index (Phi) is 4.99. The summed E-state index contributed by atoms with van der Waals surface area (Å²) in [5.41, 5.74) is 0.482. The van der Waals surface area contributed by atoms with E-state index in [-0.39, 0.29) is 42.7 Å². The van der Waals surface area contributed by atoms with E-state index in [2.05, 4.69) is 0 Å². The minimum Gasteiger partial charge on any atom is -0.502 e. The summed E-state index contributed by atoms with van der Waals surface area (Å²) in [5, 5.41) is 12.5. The molecule has 194 valence electrons. The van der Waals surface area contributed by atoms with E-state index >= 15 is 4.39 Å². The Bertz CT molecular complexity index is 1600. The van der Waals surface area contributed by atoms with Gasteiger partial charge in [0, 0.05) is 35.0 Å². The Hall–Kier alpha value is -4.06. The number of aromatic hydroxyl groups is 1. The van der Waals surface area contributed by atoms with Crippen LogP contribution in [0.25, 0.3) is 0 Å². The molecular weight excluding hydrogens is 518 g/mol. The predicted octanol–water partition coefficient (Wildman–Crippen LogP) is 2.78. The fourth-order valence-electron chi connectivity index (χ4n) is 5.87. The lowest BCUT2D eigenvalue weighted by molar-refractivity contribution is 0.0253. The lowest BCUT2D eigenvalue weighted by Crippen LogP contribution is -2.70. The number of nitrogens with zero attached hydrogens (tertiary/aromatic N) is 4. The van der Waals surface area contributed by atoms with Gasteiger partial charge in [0.05, 0.1) is 18.6 Å². The van der Waals surface area contributed by atoms with Gasteiger partial charge in [-0.3, -0.25) is 24.2 Å². The van der Waals surface area contributed by atoms with Gasteiger partial charge in [-0.2, -0.15) is 0 Å². The van der Waals surface area contributed by atoms with E-state index in [4.69, 9.17) is 4.74 Å². The zero-order valence-electron chi connectivity index (χ0n) is 19.7. The molecular formula is C26H20F2N4O5S. The van der Waals surface area contributed by atoms with Crippen molar-refractivity contribution in [2.24, 2.45) is 0 Å². The van der Waals surface area contributed by atoms with Crippen molar-refractivity contribution >= 4 is 23.8 Å². The van der Waals surface area contributed by atoms with Crippen LogP contribution in [0.4, 0.5) is 13.6 Å². The van der Waals surface area contributed by atoms with Gasteiger partial charge in [-0.25, -0.2) is 13.6 Å². The second-order valence-corrected chi connectivity index (χ2v) is 10.6. The number of carbonyl (C=O) groups is 2. The number of amides is 2. The van der Waals surface area contributed by atoms with Crippen LogP contribution < -0.4 is 10.4 Å². The first kappa shape index (κ1) is 23.1. The summed E-state index contributed by atoms with van der Waals surface area (Å²) in [6.45, 7) is 0.299. The smallest absolute Gasteiger partial charge is 0.410 e. The molecule has 1 N–H and O–H groups in total. The Morgan fingerprint density at radius 1 is 0.974 bits per heavy atom. The standard InChI is InChI=1S/C26H20F2N4O5S/c27-17-6-5-14-16(21(17)28)12-38-19-4-2-1-3-15(19)22(14)32-20-10-29-13(11-37-26(29)36)9-30(20)25(35)23-24(34)18(33)7-8-31(23)32/h1-8,13,20,22,34H,9-12H2/t13?,20-,22+/m1/s1. The number of thioether (sulfide) groups is 1. The van der Waals surface area contributed by atoms with Gasteiger partial charge in [-0.15, -0.1) is 11.8 Å². The van der Waals surface area contributed by atoms with Gasteiger partial charge >= 0.3 is 6.09 Å². The molecule has 38 heavy (non-hydrogen) atoms. The van der Waals surface area contributed by atoms with Gasteiger partial charge in [0.25, 0.3) is 5.91 Å². The monoisotopic (exact) mass is 538 g/mol. The molecule has 2 saturated heterocycles. The Morgan fingerprint density at radius 2 is 1.79 bits per heavy atom. The normalized spacial score (nSPS) is 23.6. The molecule has 12 heteroatoms. The van der Waals surface area contributed by atoms with Crippen LogP contribution in [-0.4, -0.2) is 63.5 Å². The minimum atomic E-state index is -0.966. The van der Waals surface area contributed by atoms with E-state index in [9.17, 15) is 23.9 Å². The Morgan fingerprint density at radius 3 is 2.63 bits per heavy atom. The van der Waals surface area contributed by atoms with Crippen LogP contribution in [0.2, 0.25) is 0 Å². The first-order chi connectivity index (χ1) is 18.3. The highest BCUT2D eigenvalue weighted by atomic mass is 32.2. The molecule has 2 aromatic carbocycles. The van der Waals surface area contributed by atoms with E-state index < -0.39 is 47.0 Å². The lowest BCUT2D eigenvalue weighted by Gasteiger charge is -2.53. The molecule has 3 atom stereocenters. The molecule has 0 spiro atoms. The molecule has 9 nitrogen and oxygen atoms in total. The molecule has 5 heterocycles. The van der Waals surface area contributed by atoms with E-state index in [1.165, 1.54) is 33.6 Å². The van der Waals surface area contributed by atoms with Crippen LogP contribution in [0, 0.1) is 11.6 Å². The van der Waals surface area contributed by atoms with Gasteiger partial charge in [-0.05, 0) is 23.3 Å². The maximum Gasteiger partial charge on any atom is 0.410 e. The largest absolute Gasteiger partial charge is 0.502 e. The highest BCUT2D eigenvalue weighted by Crippen LogP contribution is 2.45. The molecule has 7 rings (SSSR count). The first-order valence-electron chi connectivity index (χ1n) is 12.0. The number of cyclic esters (lactones) is 1. The van der Waals surface area contributed by atoms with Crippen LogP contribution in [0.15, 0.2) is 58.4 Å². The molecule has 3 aromatic rings. The first-order valence-corrected chi connectivity index (χ1v) is 13.0. The number of hydrogen-bond donors (Lipinski definition) is 1. The van der Waals surface area contributed by atoms with Crippen LogP contribution >= 0.6 is 11.8 Å². The third kappa shape index (κ3) is 3.12. The van der Waals surface area contributed by atoms with Crippen LogP contribution in [-0.2, 0) is 10.5 Å². The van der Waals surface area contributed by atoms with E-state index in [0.29, 0.717) is 5.56 Å². The Labute approximate surface area is 218 Å². The summed E-state index contributed by atoms with van der Waals surface area (Å²) in [4.78, 5) is 42.5. The molecule has 4 aliphatic rings. The molecule has 1 unspecified atom stereocenters. The van der Waals surface area contributed by atoms with E-state index in [1.807, 2.05) is 24.3 Å². The lowest BCUT2D eigenvalue weighted by atomic mass is 9.92. The van der Waals surface area contributed by atoms with Crippen LogP contribution in [0.1, 0.15) is 33.2 Å². The van der Waals surface area contributed by atoms with Gasteiger partial charge in [0.1, 0.15) is 12.8 Å². The molecule has 2 fully saturated rings. The number of rotatable bonds is 1. The molecule has 4 aliphatic heterocycles. The zero-order valence-corrected chi connectivity index (χ0v) is 20.5. The fraction of sp³-hybridized carbons (Fsp3) is 0.269. The zero-order chi connectivity index (χ0) is 26.3. The third-order valence-corrected chi connectivity index (χ3v) is 8.77. The van der Waals surface area contributed by atoms with E-state index in [1.54, 1.807) is 9.91 Å². The number of piperazine rings is 1. The van der Waals surface area contributed by atoms with Gasteiger partial charge in [0.15, 0.2) is 23.1 Å². The number of hydrogen-bond acceptors (Lipinski definition) is 7. The number of ether oxygens (including phenoxy) is 1. The van der Waals surface area contributed by atoms with E-state index in [0.717, 1.165) is 22.6 Å². The molecule has 1 aromatic heterocycles. The molecule has 0 bridgehead atoms.